The van der Waals surface area contributed by atoms with Gasteiger partial charge in [-0.2, -0.15) is 0 Å². The van der Waals surface area contributed by atoms with Crippen molar-refractivity contribution in [2.24, 2.45) is 0 Å². The van der Waals surface area contributed by atoms with E-state index in [2.05, 4.69) is 21.2 Å². The molecule has 0 saturated heterocycles. The summed E-state index contributed by atoms with van der Waals surface area (Å²) in [7, 11) is 0. The Hall–Kier alpha value is -2.34. The number of halogens is 1. The Balaban J connectivity index is 1.65. The Morgan fingerprint density at radius 2 is 1.88 bits per heavy atom. The molecule has 2 aromatic carbocycles. The molecule has 5 nitrogen and oxygen atoms in total. The van der Waals surface area contributed by atoms with Crippen molar-refractivity contribution in [2.45, 2.75) is 6.92 Å². The number of amides is 1. The van der Waals surface area contributed by atoms with Crippen LogP contribution in [0.2, 0.25) is 0 Å². The molecule has 0 atom stereocenters. The lowest BCUT2D eigenvalue weighted by molar-refractivity contribution is -0.143. The first kappa shape index (κ1) is 18.0. The van der Waals surface area contributed by atoms with Crippen molar-refractivity contribution in [3.8, 4) is 5.75 Å². The zero-order valence-electron chi connectivity index (χ0n) is 13.3. The van der Waals surface area contributed by atoms with Crippen LogP contribution in [0.4, 0.5) is 0 Å². The summed E-state index contributed by atoms with van der Waals surface area (Å²) in [6.07, 6.45) is 0. The van der Waals surface area contributed by atoms with Gasteiger partial charge in [-0.3, -0.25) is 9.59 Å². The molecule has 1 amide bonds. The highest BCUT2D eigenvalue weighted by molar-refractivity contribution is 9.10. The third kappa shape index (κ3) is 6.04. The monoisotopic (exact) mass is 391 g/mol. The highest BCUT2D eigenvalue weighted by Gasteiger charge is 2.09. The van der Waals surface area contributed by atoms with E-state index in [-0.39, 0.29) is 25.7 Å². The highest BCUT2D eigenvalue weighted by Crippen LogP contribution is 2.17. The van der Waals surface area contributed by atoms with Gasteiger partial charge in [-0.1, -0.05) is 39.7 Å². The zero-order chi connectivity index (χ0) is 17.4. The molecule has 0 aromatic heterocycles. The number of aryl methyl sites for hydroxylation is 1. The van der Waals surface area contributed by atoms with Gasteiger partial charge in [0.15, 0.2) is 0 Å². The predicted octanol–water partition coefficient (Wildman–Crippen LogP) is 3.11. The van der Waals surface area contributed by atoms with E-state index >= 15 is 0 Å². The van der Waals surface area contributed by atoms with E-state index in [9.17, 15) is 9.59 Å². The molecule has 0 aliphatic rings. The molecule has 126 valence electrons. The first-order valence-corrected chi connectivity index (χ1v) is 8.23. The molecule has 1 N–H and O–H groups in total. The normalized spacial score (nSPS) is 10.1. The fraction of sp³-hybridized carbons (Fsp3) is 0.222. The molecule has 24 heavy (non-hydrogen) atoms. The van der Waals surface area contributed by atoms with Gasteiger partial charge >= 0.3 is 5.97 Å². The van der Waals surface area contributed by atoms with E-state index in [0.29, 0.717) is 11.3 Å². The Kier molecular flexibility index (Phi) is 6.81. The van der Waals surface area contributed by atoms with E-state index < -0.39 is 5.97 Å². The Labute approximate surface area is 149 Å². The third-order valence-electron chi connectivity index (χ3n) is 3.08. The summed E-state index contributed by atoms with van der Waals surface area (Å²) in [5.74, 6) is -0.122. The summed E-state index contributed by atoms with van der Waals surface area (Å²) in [5, 5.41) is 2.53. The predicted molar refractivity (Wildman–Crippen MR) is 94.1 cm³/mol. The maximum Gasteiger partial charge on any atom is 0.325 e. The Bertz CT molecular complexity index is 718. The smallest absolute Gasteiger partial charge is 0.325 e. The number of hydrogen-bond donors (Lipinski definition) is 1. The zero-order valence-corrected chi connectivity index (χ0v) is 14.8. The van der Waals surface area contributed by atoms with Crippen LogP contribution in [0.1, 0.15) is 15.9 Å². The molecule has 6 heteroatoms. The molecule has 0 heterocycles. The van der Waals surface area contributed by atoms with Crippen LogP contribution in [0, 0.1) is 6.92 Å². The van der Waals surface area contributed by atoms with Crippen molar-refractivity contribution >= 4 is 27.8 Å². The number of hydrogen-bond acceptors (Lipinski definition) is 4. The van der Waals surface area contributed by atoms with Crippen molar-refractivity contribution in [1.29, 1.82) is 0 Å². The lowest BCUT2D eigenvalue weighted by Crippen LogP contribution is -2.31. The maximum atomic E-state index is 11.9. The lowest BCUT2D eigenvalue weighted by atomic mass is 10.1. The summed E-state index contributed by atoms with van der Waals surface area (Å²) in [6, 6.07) is 14.5. The topological polar surface area (TPSA) is 64.6 Å². The lowest BCUT2D eigenvalue weighted by Gasteiger charge is -2.08. The molecule has 0 aliphatic heterocycles. The maximum absolute atomic E-state index is 11.9. The number of esters is 1. The fourth-order valence-corrected chi connectivity index (χ4v) is 2.34. The molecule has 0 aliphatic carbocycles. The fourth-order valence-electron chi connectivity index (χ4n) is 1.96. The van der Waals surface area contributed by atoms with Crippen molar-refractivity contribution < 1.29 is 19.1 Å². The van der Waals surface area contributed by atoms with Gasteiger partial charge in [0, 0.05) is 10.0 Å². The quantitative estimate of drug-likeness (QED) is 0.581. The van der Waals surface area contributed by atoms with Crippen molar-refractivity contribution in [2.75, 3.05) is 19.8 Å². The van der Waals surface area contributed by atoms with Crippen LogP contribution in [0.15, 0.2) is 53.0 Å². The standard InChI is InChI=1S/C18H18BrNO4/c1-13-4-2-5-14(10-13)18(22)20-12-17(21)24-9-8-23-16-7-3-6-15(19)11-16/h2-7,10-11H,8-9,12H2,1H3,(H,20,22). The van der Waals surface area contributed by atoms with Gasteiger partial charge < -0.3 is 14.8 Å². The molecule has 2 aromatic rings. The van der Waals surface area contributed by atoms with Crippen LogP contribution in [-0.4, -0.2) is 31.6 Å². The Morgan fingerprint density at radius 1 is 1.08 bits per heavy atom. The second-order valence-corrected chi connectivity index (χ2v) is 5.99. The minimum atomic E-state index is -0.506. The summed E-state index contributed by atoms with van der Waals surface area (Å²) >= 11 is 3.35. The van der Waals surface area contributed by atoms with Crippen LogP contribution in [0.5, 0.6) is 5.75 Å². The SMILES string of the molecule is Cc1cccc(C(=O)NCC(=O)OCCOc2cccc(Br)c2)c1. The number of ether oxygens (including phenoxy) is 2. The third-order valence-corrected chi connectivity index (χ3v) is 3.58. The molecule has 0 radical (unpaired) electrons. The van der Waals surface area contributed by atoms with Crippen molar-refractivity contribution in [3.05, 3.63) is 64.1 Å². The van der Waals surface area contributed by atoms with Gasteiger partial charge in [-0.05, 0) is 37.3 Å². The van der Waals surface area contributed by atoms with Crippen LogP contribution in [0.25, 0.3) is 0 Å². The molecule has 0 bridgehead atoms. The van der Waals surface area contributed by atoms with E-state index in [1.54, 1.807) is 18.2 Å². The summed E-state index contributed by atoms with van der Waals surface area (Å²) < 4.78 is 11.4. The van der Waals surface area contributed by atoms with Gasteiger partial charge in [-0.15, -0.1) is 0 Å². The number of nitrogens with one attached hydrogen (secondary N) is 1. The highest BCUT2D eigenvalue weighted by atomic mass is 79.9. The number of benzene rings is 2. The number of rotatable bonds is 7. The van der Waals surface area contributed by atoms with Crippen LogP contribution >= 0.6 is 15.9 Å². The van der Waals surface area contributed by atoms with Gasteiger partial charge in [0.05, 0.1) is 0 Å². The van der Waals surface area contributed by atoms with E-state index in [1.807, 2.05) is 37.3 Å². The molecular weight excluding hydrogens is 374 g/mol. The average Bonchev–Trinajstić information content (AvgIpc) is 2.56. The van der Waals surface area contributed by atoms with Crippen molar-refractivity contribution in [1.82, 2.24) is 5.32 Å². The number of carbonyl (C=O) groups excluding carboxylic acids is 2. The van der Waals surface area contributed by atoms with E-state index in [4.69, 9.17) is 9.47 Å². The minimum Gasteiger partial charge on any atom is -0.490 e. The van der Waals surface area contributed by atoms with Crippen molar-refractivity contribution in [3.63, 3.8) is 0 Å². The first-order valence-electron chi connectivity index (χ1n) is 7.43. The van der Waals surface area contributed by atoms with Gasteiger partial charge in [-0.25, -0.2) is 0 Å². The molecular formula is C18H18BrNO4. The van der Waals surface area contributed by atoms with E-state index in [1.165, 1.54) is 0 Å². The second kappa shape index (κ2) is 9.08. The summed E-state index contributed by atoms with van der Waals surface area (Å²) in [5.41, 5.74) is 1.50. The van der Waals surface area contributed by atoms with Crippen LogP contribution < -0.4 is 10.1 Å². The van der Waals surface area contributed by atoms with Gasteiger partial charge in [0.2, 0.25) is 0 Å². The molecule has 0 fully saturated rings. The Morgan fingerprint density at radius 3 is 2.62 bits per heavy atom. The number of carbonyl (C=O) groups is 2. The van der Waals surface area contributed by atoms with Gasteiger partial charge in [0.25, 0.3) is 5.91 Å². The van der Waals surface area contributed by atoms with E-state index in [0.717, 1.165) is 10.0 Å². The van der Waals surface area contributed by atoms with Gasteiger partial charge in [0.1, 0.15) is 25.5 Å². The largest absolute Gasteiger partial charge is 0.490 e. The summed E-state index contributed by atoms with van der Waals surface area (Å²) in [6.45, 7) is 2.08. The molecule has 0 spiro atoms. The summed E-state index contributed by atoms with van der Waals surface area (Å²) in [4.78, 5) is 23.5. The minimum absolute atomic E-state index is 0.117. The first-order chi connectivity index (χ1) is 11.5. The average molecular weight is 392 g/mol. The molecule has 2 rings (SSSR count). The second-order valence-electron chi connectivity index (χ2n) is 5.08. The van der Waals surface area contributed by atoms with Crippen LogP contribution in [-0.2, 0) is 9.53 Å². The molecule has 0 unspecified atom stereocenters. The van der Waals surface area contributed by atoms with Crippen LogP contribution in [0.3, 0.4) is 0 Å². The molecule has 0 saturated carbocycles.